The van der Waals surface area contributed by atoms with Crippen LogP contribution in [0.5, 0.6) is 0 Å². The molecule has 0 spiro atoms. The van der Waals surface area contributed by atoms with Crippen molar-refractivity contribution in [1.82, 2.24) is 19.2 Å². The lowest BCUT2D eigenvalue weighted by Gasteiger charge is -2.29. The van der Waals surface area contributed by atoms with E-state index in [1.165, 1.54) is 34.1 Å². The van der Waals surface area contributed by atoms with Crippen molar-refractivity contribution in [2.75, 3.05) is 79.0 Å². The van der Waals surface area contributed by atoms with Crippen molar-refractivity contribution in [1.29, 1.82) is 0 Å². The molecule has 1 fully saturated rings. The lowest BCUT2D eigenvalue weighted by molar-refractivity contribution is -0.136. The number of hydrogen-bond acceptors (Lipinski definition) is 10. The van der Waals surface area contributed by atoms with Gasteiger partial charge in [-0.15, -0.1) is 0 Å². The monoisotopic (exact) mass is 836 g/mol. The zero-order valence-electron chi connectivity index (χ0n) is 32.8. The van der Waals surface area contributed by atoms with Gasteiger partial charge in [-0.3, -0.25) is 9.59 Å². The number of rotatable bonds is 10. The number of nitrogens with one attached hydrogen (secondary N) is 2. The summed E-state index contributed by atoms with van der Waals surface area (Å²) in [7, 11) is -8.14. The van der Waals surface area contributed by atoms with Gasteiger partial charge in [-0.05, 0) is 49.2 Å². The fourth-order valence-electron chi connectivity index (χ4n) is 6.07. The Bertz CT molecular complexity index is 1930. The molecule has 14 nitrogen and oxygen atoms in total. The van der Waals surface area contributed by atoms with E-state index in [0.717, 1.165) is 11.1 Å². The van der Waals surface area contributed by atoms with Crippen LogP contribution < -0.4 is 9.44 Å². The van der Waals surface area contributed by atoms with Crippen molar-refractivity contribution in [3.05, 3.63) is 131 Å². The van der Waals surface area contributed by atoms with Crippen LogP contribution in [0.2, 0.25) is 0 Å². The van der Waals surface area contributed by atoms with E-state index in [2.05, 4.69) is 9.44 Å². The third-order valence-electron chi connectivity index (χ3n) is 9.36. The molecule has 312 valence electrons. The second-order valence-corrected chi connectivity index (χ2v) is 17.1. The first-order chi connectivity index (χ1) is 27.9. The van der Waals surface area contributed by atoms with E-state index in [0.29, 0.717) is 11.1 Å². The summed E-state index contributed by atoms with van der Waals surface area (Å²) in [5, 5.41) is 0. The van der Waals surface area contributed by atoms with E-state index >= 15 is 0 Å². The van der Waals surface area contributed by atoms with Crippen LogP contribution in [-0.4, -0.2) is 117 Å². The molecule has 0 saturated carbocycles. The van der Waals surface area contributed by atoms with Gasteiger partial charge in [0.1, 0.15) is 12.1 Å². The van der Waals surface area contributed by atoms with Crippen LogP contribution in [0.25, 0.3) is 0 Å². The smallest absolute Gasteiger partial charge is 0.245 e. The Hall–Kier alpha value is -4.52. The molecular formula is C42H52N4O10S2. The molecule has 1 aliphatic heterocycles. The van der Waals surface area contributed by atoms with Crippen LogP contribution in [0.3, 0.4) is 0 Å². The molecule has 1 heterocycles. The minimum absolute atomic E-state index is 0.0458. The SMILES string of the molecule is Cc1ccc(S(=O)(=O)N[C@H](C(=O)N2CCOCCOCCN(C(=O)[C@@H](NS(=O)(=O)c3ccc(C)cc3)c3ccccc3)CCOCCOCC2)c2ccccc2)cc1. The molecule has 0 aromatic heterocycles. The van der Waals surface area contributed by atoms with Crippen LogP contribution in [0.15, 0.2) is 119 Å². The highest BCUT2D eigenvalue weighted by atomic mass is 32.2. The van der Waals surface area contributed by atoms with Gasteiger partial charge in [-0.2, -0.15) is 9.44 Å². The molecular weight excluding hydrogens is 785 g/mol. The molecule has 2 amide bonds. The van der Waals surface area contributed by atoms with E-state index < -0.39 is 43.9 Å². The molecule has 58 heavy (non-hydrogen) atoms. The van der Waals surface area contributed by atoms with E-state index in [4.69, 9.17) is 18.9 Å². The number of sulfonamides is 2. The topological polar surface area (TPSA) is 170 Å². The molecule has 0 aliphatic carbocycles. The third-order valence-corrected chi connectivity index (χ3v) is 12.2. The van der Waals surface area contributed by atoms with Gasteiger partial charge in [0.05, 0.1) is 62.6 Å². The van der Waals surface area contributed by atoms with Crippen molar-refractivity contribution in [3.63, 3.8) is 0 Å². The van der Waals surface area contributed by atoms with E-state index in [-0.39, 0.29) is 88.8 Å². The number of carbonyl (C=O) groups is 2. The van der Waals surface area contributed by atoms with Crippen LogP contribution in [0.1, 0.15) is 34.3 Å². The summed E-state index contributed by atoms with van der Waals surface area (Å²) < 4.78 is 82.4. The summed E-state index contributed by atoms with van der Waals surface area (Å²) in [4.78, 5) is 31.4. The molecule has 1 aliphatic rings. The number of aryl methyl sites for hydroxylation is 2. The van der Waals surface area contributed by atoms with Crippen molar-refractivity contribution in [2.24, 2.45) is 0 Å². The third kappa shape index (κ3) is 13.3. The zero-order valence-corrected chi connectivity index (χ0v) is 34.5. The summed E-state index contributed by atoms with van der Waals surface area (Å²) >= 11 is 0. The predicted octanol–water partition coefficient (Wildman–Crippen LogP) is 3.78. The van der Waals surface area contributed by atoms with Crippen LogP contribution in [0, 0.1) is 13.8 Å². The Kier molecular flexibility index (Phi) is 16.9. The highest BCUT2D eigenvalue weighted by Gasteiger charge is 2.32. The normalized spacial score (nSPS) is 17.1. The van der Waals surface area contributed by atoms with Crippen molar-refractivity contribution < 1.29 is 45.4 Å². The maximum atomic E-state index is 14.1. The van der Waals surface area contributed by atoms with Crippen LogP contribution >= 0.6 is 0 Å². The maximum Gasteiger partial charge on any atom is 0.245 e. The summed E-state index contributed by atoms with van der Waals surface area (Å²) in [5.74, 6) is -0.925. The Morgan fingerprint density at radius 3 is 1.05 bits per heavy atom. The average molecular weight is 837 g/mol. The van der Waals surface area contributed by atoms with Gasteiger partial charge >= 0.3 is 0 Å². The maximum absolute atomic E-state index is 14.1. The van der Waals surface area contributed by atoms with Gasteiger partial charge in [-0.25, -0.2) is 16.8 Å². The quantitative estimate of drug-likeness (QED) is 0.240. The second-order valence-electron chi connectivity index (χ2n) is 13.7. The Morgan fingerprint density at radius 1 is 0.466 bits per heavy atom. The van der Waals surface area contributed by atoms with Gasteiger partial charge < -0.3 is 28.7 Å². The Morgan fingerprint density at radius 2 is 0.759 bits per heavy atom. The summed E-state index contributed by atoms with van der Waals surface area (Å²) in [6, 6.07) is 27.7. The molecule has 4 aromatic carbocycles. The molecule has 4 aromatic rings. The highest BCUT2D eigenvalue weighted by molar-refractivity contribution is 7.89. The molecule has 2 atom stereocenters. The standard InChI is InChI=1S/C42H52N4O10S2/c1-33-13-17-37(18-14-33)57(49,50)43-39(35-9-5-3-6-10-35)41(47)45-21-25-53-29-31-55-27-23-46(24-28-56-32-30-54-26-22-45)42(48)40(36-11-7-4-8-12-36)44-58(51,52)38-19-15-34(2)16-20-38/h3-20,39-40,43-44H,21-32H2,1-2H3/t39-,40-/m0/s1. The van der Waals surface area contributed by atoms with Gasteiger partial charge in [0.2, 0.25) is 31.9 Å². The second kappa shape index (κ2) is 22.0. The van der Waals surface area contributed by atoms with Crippen LogP contribution in [-0.2, 0) is 48.6 Å². The minimum Gasteiger partial charge on any atom is -0.377 e. The molecule has 5 rings (SSSR count). The van der Waals surface area contributed by atoms with E-state index in [1.54, 1.807) is 84.9 Å². The summed E-state index contributed by atoms with van der Waals surface area (Å²) in [5.41, 5.74) is 2.77. The predicted molar refractivity (Wildman–Crippen MR) is 218 cm³/mol. The molecule has 0 bridgehead atoms. The number of nitrogens with zero attached hydrogens (tertiary/aromatic N) is 2. The first-order valence-corrected chi connectivity index (χ1v) is 22.1. The molecule has 2 N–H and O–H groups in total. The lowest BCUT2D eigenvalue weighted by Crippen LogP contribution is -2.45. The van der Waals surface area contributed by atoms with Crippen molar-refractivity contribution in [2.45, 2.75) is 35.7 Å². The van der Waals surface area contributed by atoms with Gasteiger partial charge in [0.15, 0.2) is 0 Å². The summed E-state index contributed by atoms with van der Waals surface area (Å²) in [6.45, 7) is 5.57. The van der Waals surface area contributed by atoms with E-state index in [1.807, 2.05) is 13.8 Å². The molecule has 16 heteroatoms. The largest absolute Gasteiger partial charge is 0.377 e. The molecule has 0 radical (unpaired) electrons. The number of carbonyl (C=O) groups excluding carboxylic acids is 2. The number of benzene rings is 4. The Balaban J connectivity index is 1.23. The average Bonchev–Trinajstić information content (AvgIpc) is 3.22. The number of ether oxygens (including phenoxy) is 4. The Labute approximate surface area is 341 Å². The molecule has 0 unspecified atom stereocenters. The number of amides is 2. The van der Waals surface area contributed by atoms with Gasteiger partial charge in [0.25, 0.3) is 0 Å². The van der Waals surface area contributed by atoms with E-state index in [9.17, 15) is 26.4 Å². The molecule has 1 saturated heterocycles. The highest BCUT2D eigenvalue weighted by Crippen LogP contribution is 2.22. The van der Waals surface area contributed by atoms with Crippen LogP contribution in [0.4, 0.5) is 0 Å². The fourth-order valence-corrected chi connectivity index (χ4v) is 8.42. The van der Waals surface area contributed by atoms with Gasteiger partial charge in [0, 0.05) is 26.2 Å². The first kappa shape index (κ1) is 44.6. The fraction of sp³-hybridized carbons (Fsp3) is 0.381. The lowest BCUT2D eigenvalue weighted by atomic mass is 10.1. The minimum atomic E-state index is -4.07. The number of hydrogen-bond donors (Lipinski definition) is 2. The first-order valence-electron chi connectivity index (χ1n) is 19.1. The summed E-state index contributed by atoms with van der Waals surface area (Å²) in [6.07, 6.45) is 0. The van der Waals surface area contributed by atoms with Gasteiger partial charge in [-0.1, -0.05) is 96.1 Å². The van der Waals surface area contributed by atoms with Crippen molar-refractivity contribution >= 4 is 31.9 Å². The van der Waals surface area contributed by atoms with Crippen molar-refractivity contribution in [3.8, 4) is 0 Å². The zero-order chi connectivity index (χ0) is 41.4.